The van der Waals surface area contributed by atoms with Crippen molar-refractivity contribution in [3.63, 3.8) is 0 Å². The topological polar surface area (TPSA) is 83.3 Å². The predicted molar refractivity (Wildman–Crippen MR) is 120 cm³/mol. The minimum absolute atomic E-state index is 0.0475. The quantitative estimate of drug-likeness (QED) is 0.659. The lowest BCUT2D eigenvalue weighted by molar-refractivity contribution is -0.0355. The number of hydrogen-bond donors (Lipinski definition) is 1. The number of benzene rings is 1. The van der Waals surface area contributed by atoms with E-state index < -0.39 is 5.54 Å². The molecule has 4 rings (SSSR count). The molecule has 0 unspecified atom stereocenters. The highest BCUT2D eigenvalue weighted by atomic mass is 19.1. The summed E-state index contributed by atoms with van der Waals surface area (Å²) in [5, 5.41) is 10.1. The van der Waals surface area contributed by atoms with Crippen molar-refractivity contribution >= 4 is 11.0 Å². The Bertz CT molecular complexity index is 1020. The summed E-state index contributed by atoms with van der Waals surface area (Å²) < 4.78 is 27.0. The summed E-state index contributed by atoms with van der Waals surface area (Å²) in [6.07, 6.45) is 5.15. The van der Waals surface area contributed by atoms with E-state index in [1.54, 1.807) is 17.6 Å². The summed E-state index contributed by atoms with van der Waals surface area (Å²) in [6, 6.07) is 5.81. The van der Waals surface area contributed by atoms with Crippen LogP contribution in [0.5, 0.6) is 0 Å². The molecule has 0 atom stereocenters. The van der Waals surface area contributed by atoms with E-state index in [9.17, 15) is 14.4 Å². The fourth-order valence-corrected chi connectivity index (χ4v) is 5.32. The van der Waals surface area contributed by atoms with Crippen LogP contribution < -0.4 is 5.69 Å². The highest BCUT2D eigenvalue weighted by Gasteiger charge is 2.42. The van der Waals surface area contributed by atoms with Gasteiger partial charge in [-0.25, -0.2) is 9.18 Å². The summed E-state index contributed by atoms with van der Waals surface area (Å²) in [7, 11) is 0. The van der Waals surface area contributed by atoms with Gasteiger partial charge in [-0.3, -0.25) is 9.47 Å². The summed E-state index contributed by atoms with van der Waals surface area (Å²) in [5.41, 5.74) is 1.19. The van der Waals surface area contributed by atoms with Gasteiger partial charge in [0.15, 0.2) is 0 Å². The maximum Gasteiger partial charge on any atom is 0.326 e. The zero-order valence-corrected chi connectivity index (χ0v) is 19.0. The van der Waals surface area contributed by atoms with Gasteiger partial charge in [0.05, 0.1) is 36.4 Å². The Morgan fingerprint density at radius 1 is 1.22 bits per heavy atom. The number of aryl methyl sites for hydroxylation is 1. The molecule has 1 aliphatic carbocycles. The van der Waals surface area contributed by atoms with Gasteiger partial charge in [-0.1, -0.05) is 0 Å². The van der Waals surface area contributed by atoms with Crippen molar-refractivity contribution in [2.45, 2.75) is 70.1 Å². The van der Waals surface area contributed by atoms with Crippen molar-refractivity contribution in [3.05, 3.63) is 34.0 Å². The van der Waals surface area contributed by atoms with E-state index in [4.69, 9.17) is 9.47 Å². The second-order valence-electron chi connectivity index (χ2n) is 9.05. The normalized spacial score (nSPS) is 25.2. The van der Waals surface area contributed by atoms with Crippen LogP contribution in [-0.4, -0.2) is 59.0 Å². The molecule has 1 aromatic heterocycles. The molecule has 1 aromatic carbocycles. The van der Waals surface area contributed by atoms with Crippen LogP contribution in [0.3, 0.4) is 0 Å². The summed E-state index contributed by atoms with van der Waals surface area (Å²) in [6.45, 7) is 7.15. The minimum Gasteiger partial charge on any atom is -0.379 e. The molecular formula is C24H33FN4O3. The average Bonchev–Trinajstić information content (AvgIpc) is 3.12. The highest BCUT2D eigenvalue weighted by Crippen LogP contribution is 2.38. The Labute approximate surface area is 188 Å². The average molecular weight is 445 g/mol. The van der Waals surface area contributed by atoms with E-state index in [1.165, 1.54) is 6.07 Å². The third-order valence-electron chi connectivity index (χ3n) is 7.19. The first kappa shape index (κ1) is 23.0. The molecule has 1 saturated heterocycles. The Balaban J connectivity index is 1.39. The lowest BCUT2D eigenvalue weighted by Gasteiger charge is -2.46. The number of aromatic amines is 1. The number of H-pyrrole nitrogens is 1. The van der Waals surface area contributed by atoms with Gasteiger partial charge in [0, 0.05) is 25.7 Å². The van der Waals surface area contributed by atoms with E-state index in [0.29, 0.717) is 30.9 Å². The molecule has 7 nitrogen and oxygen atoms in total. The van der Waals surface area contributed by atoms with Gasteiger partial charge in [-0.05, 0) is 70.1 Å². The molecule has 2 aromatic rings. The molecule has 1 aliphatic heterocycles. The van der Waals surface area contributed by atoms with Gasteiger partial charge < -0.3 is 14.5 Å². The number of fused-ring (bicyclic) bond motifs is 1. The van der Waals surface area contributed by atoms with Crippen LogP contribution in [-0.2, 0) is 9.47 Å². The number of aromatic nitrogens is 2. The Morgan fingerprint density at radius 3 is 2.59 bits per heavy atom. The number of hydrogen-bond acceptors (Lipinski definition) is 5. The molecule has 1 saturated carbocycles. The molecule has 32 heavy (non-hydrogen) atoms. The second kappa shape index (κ2) is 9.74. The number of halogens is 1. The predicted octanol–water partition coefficient (Wildman–Crippen LogP) is 3.67. The highest BCUT2D eigenvalue weighted by molar-refractivity contribution is 5.76. The van der Waals surface area contributed by atoms with Crippen LogP contribution in [0, 0.1) is 24.1 Å². The molecule has 1 N–H and O–H groups in total. The smallest absolute Gasteiger partial charge is 0.326 e. The van der Waals surface area contributed by atoms with E-state index >= 15 is 0 Å². The number of nitrogens with one attached hydrogen (secondary N) is 1. The fourth-order valence-electron chi connectivity index (χ4n) is 5.32. The largest absolute Gasteiger partial charge is 0.379 e. The Hall–Kier alpha value is -2.21. The van der Waals surface area contributed by atoms with Gasteiger partial charge in [0.25, 0.3) is 0 Å². The van der Waals surface area contributed by atoms with Crippen molar-refractivity contribution < 1.29 is 13.9 Å². The molecule has 2 fully saturated rings. The minimum atomic E-state index is -0.449. The number of ether oxygens (including phenoxy) is 2. The van der Waals surface area contributed by atoms with E-state index in [2.05, 4.69) is 16.0 Å². The maximum atomic E-state index is 13.9. The van der Waals surface area contributed by atoms with Gasteiger partial charge in [-0.2, -0.15) is 5.26 Å². The lowest BCUT2D eigenvalue weighted by Crippen LogP contribution is -2.54. The summed E-state index contributed by atoms with van der Waals surface area (Å²) in [4.78, 5) is 17.7. The number of imidazole rings is 1. The molecular weight excluding hydrogens is 411 g/mol. The number of piperidine rings is 1. The molecule has 0 bridgehead atoms. The second-order valence-corrected chi connectivity index (χ2v) is 9.05. The third kappa shape index (κ3) is 4.47. The van der Waals surface area contributed by atoms with Crippen LogP contribution in [0.25, 0.3) is 11.0 Å². The third-order valence-corrected chi connectivity index (χ3v) is 7.19. The van der Waals surface area contributed by atoms with E-state index in [1.807, 2.05) is 6.92 Å². The number of nitrogens with zero attached hydrogens (tertiary/aromatic N) is 3. The van der Waals surface area contributed by atoms with E-state index in [-0.39, 0.29) is 23.7 Å². The summed E-state index contributed by atoms with van der Waals surface area (Å²) in [5.74, 6) is -0.311. The molecule has 2 aliphatic rings. The molecule has 8 heteroatoms. The first-order valence-electron chi connectivity index (χ1n) is 11.7. The van der Waals surface area contributed by atoms with Crippen LogP contribution >= 0.6 is 0 Å². The van der Waals surface area contributed by atoms with Gasteiger partial charge >= 0.3 is 5.69 Å². The van der Waals surface area contributed by atoms with Gasteiger partial charge in [-0.15, -0.1) is 0 Å². The molecule has 0 amide bonds. The van der Waals surface area contributed by atoms with Gasteiger partial charge in [0.1, 0.15) is 11.4 Å². The Morgan fingerprint density at radius 2 is 1.94 bits per heavy atom. The zero-order valence-electron chi connectivity index (χ0n) is 19.0. The first-order chi connectivity index (χ1) is 15.5. The molecule has 2 heterocycles. The Kier molecular flexibility index (Phi) is 6.99. The van der Waals surface area contributed by atoms with Crippen LogP contribution in [0.15, 0.2) is 16.9 Å². The van der Waals surface area contributed by atoms with Crippen LogP contribution in [0.2, 0.25) is 0 Å². The standard InChI is InChI=1S/C24H33FN4O3/c1-3-31-12-13-32-19-4-8-24(16-26,9-5-19)28-10-6-18(7-11-28)29-22-14-17(2)20(25)15-21(22)27-23(29)30/h14-15,18-19H,3-13H2,1-2H3,(H,27,30). The summed E-state index contributed by atoms with van der Waals surface area (Å²) >= 11 is 0. The molecule has 0 spiro atoms. The number of rotatable bonds is 7. The van der Waals surface area contributed by atoms with Crippen molar-refractivity contribution in [2.24, 2.45) is 0 Å². The first-order valence-corrected chi connectivity index (χ1v) is 11.7. The maximum absolute atomic E-state index is 13.9. The number of likely N-dealkylation sites (tertiary alicyclic amines) is 1. The SMILES string of the molecule is CCOCCOC1CCC(C#N)(N2CCC(n3c(=O)[nH]c4cc(F)c(C)cc43)CC2)CC1. The van der Waals surface area contributed by atoms with Crippen molar-refractivity contribution in [2.75, 3.05) is 32.9 Å². The molecule has 0 radical (unpaired) electrons. The number of nitriles is 1. The van der Waals surface area contributed by atoms with Crippen molar-refractivity contribution in [1.82, 2.24) is 14.5 Å². The van der Waals surface area contributed by atoms with Gasteiger partial charge in [0.2, 0.25) is 0 Å². The van der Waals surface area contributed by atoms with Crippen LogP contribution in [0.4, 0.5) is 4.39 Å². The lowest BCUT2D eigenvalue weighted by atomic mass is 9.79. The monoisotopic (exact) mass is 444 g/mol. The van der Waals surface area contributed by atoms with Crippen LogP contribution in [0.1, 0.15) is 57.1 Å². The zero-order chi connectivity index (χ0) is 22.7. The molecule has 174 valence electrons. The van der Waals surface area contributed by atoms with Crippen molar-refractivity contribution in [1.29, 1.82) is 5.26 Å². The fraction of sp³-hybridized carbons (Fsp3) is 0.667. The van der Waals surface area contributed by atoms with E-state index in [0.717, 1.165) is 57.1 Å². The van der Waals surface area contributed by atoms with Crippen molar-refractivity contribution in [3.8, 4) is 6.07 Å².